The van der Waals surface area contributed by atoms with Crippen molar-refractivity contribution in [1.29, 1.82) is 0 Å². The van der Waals surface area contributed by atoms with E-state index < -0.39 is 0 Å². The lowest BCUT2D eigenvalue weighted by atomic mass is 10.1. The number of ether oxygens (including phenoxy) is 1. The van der Waals surface area contributed by atoms with Crippen molar-refractivity contribution in [2.24, 2.45) is 7.05 Å². The lowest BCUT2D eigenvalue weighted by molar-refractivity contribution is 0.373. The molecule has 0 aliphatic heterocycles. The van der Waals surface area contributed by atoms with Gasteiger partial charge >= 0.3 is 0 Å². The van der Waals surface area contributed by atoms with E-state index in [-0.39, 0.29) is 5.75 Å². The number of aryl methyl sites for hydroxylation is 1. The van der Waals surface area contributed by atoms with Gasteiger partial charge in [-0.1, -0.05) is 0 Å². The topological polar surface area (TPSA) is 73.3 Å². The average molecular weight is 321 g/mol. The van der Waals surface area contributed by atoms with Crippen molar-refractivity contribution in [2.75, 3.05) is 7.11 Å². The summed E-state index contributed by atoms with van der Waals surface area (Å²) in [4.78, 5) is 4.38. The van der Waals surface area contributed by atoms with Crippen LogP contribution in [-0.2, 0) is 7.05 Å². The zero-order chi connectivity index (χ0) is 16.7. The molecule has 0 spiro atoms. The molecule has 0 fully saturated rings. The fourth-order valence-electron chi connectivity index (χ4n) is 2.70. The van der Waals surface area contributed by atoms with Crippen molar-refractivity contribution < 1.29 is 14.3 Å². The van der Waals surface area contributed by atoms with Crippen LogP contribution in [0.5, 0.6) is 11.5 Å². The van der Waals surface area contributed by atoms with Crippen molar-refractivity contribution >= 4 is 11.1 Å². The summed E-state index contributed by atoms with van der Waals surface area (Å²) in [6, 6.07) is 8.87. The van der Waals surface area contributed by atoms with E-state index in [1.54, 1.807) is 35.3 Å². The number of furan rings is 1. The summed E-state index contributed by atoms with van der Waals surface area (Å²) in [7, 11) is 3.39. The molecule has 0 saturated heterocycles. The Bertz CT molecular complexity index is 1030. The number of phenols is 1. The molecule has 3 heterocycles. The van der Waals surface area contributed by atoms with E-state index in [9.17, 15) is 5.11 Å². The quantitative estimate of drug-likeness (QED) is 0.624. The first kappa shape index (κ1) is 14.3. The predicted molar refractivity (Wildman–Crippen MR) is 89.9 cm³/mol. The lowest BCUT2D eigenvalue weighted by Gasteiger charge is -2.04. The van der Waals surface area contributed by atoms with Crippen LogP contribution in [0, 0.1) is 0 Å². The molecule has 4 aromatic rings. The molecule has 6 heteroatoms. The van der Waals surface area contributed by atoms with Crippen molar-refractivity contribution in [3.05, 3.63) is 48.9 Å². The normalized spacial score (nSPS) is 11.1. The number of hydrogen-bond donors (Lipinski definition) is 1. The molecule has 0 amide bonds. The molecule has 0 aliphatic carbocycles. The molecule has 0 aliphatic rings. The van der Waals surface area contributed by atoms with E-state index in [0.717, 1.165) is 22.2 Å². The molecule has 120 valence electrons. The highest BCUT2D eigenvalue weighted by molar-refractivity contribution is 5.92. The standard InChI is InChI=1S/C18H15N3O3/c1-21-10-12(9-20-21)13-5-6-19-14-8-16(24-18(13)14)11-3-4-15(22)17(7-11)23-2/h3-10,22H,1-2H3. The lowest BCUT2D eigenvalue weighted by Crippen LogP contribution is -1.84. The maximum Gasteiger partial charge on any atom is 0.161 e. The third-order valence-electron chi connectivity index (χ3n) is 3.89. The van der Waals surface area contributed by atoms with Crippen LogP contribution in [0.3, 0.4) is 0 Å². The molecule has 1 aromatic carbocycles. The highest BCUT2D eigenvalue weighted by Gasteiger charge is 2.14. The van der Waals surface area contributed by atoms with Crippen LogP contribution in [0.25, 0.3) is 33.6 Å². The summed E-state index contributed by atoms with van der Waals surface area (Å²) < 4.78 is 13.0. The number of methoxy groups -OCH3 is 1. The van der Waals surface area contributed by atoms with Gasteiger partial charge in [0.15, 0.2) is 17.1 Å². The zero-order valence-corrected chi connectivity index (χ0v) is 13.2. The van der Waals surface area contributed by atoms with Crippen molar-refractivity contribution in [2.45, 2.75) is 0 Å². The Morgan fingerprint density at radius 1 is 1.17 bits per heavy atom. The minimum Gasteiger partial charge on any atom is -0.504 e. The SMILES string of the molecule is COc1cc(-c2cc3nccc(-c4cnn(C)c4)c3o2)ccc1O. The predicted octanol–water partition coefficient (Wildman–Crippen LogP) is 3.61. The number of phenolic OH excluding ortho intramolecular Hbond substituents is 1. The zero-order valence-electron chi connectivity index (χ0n) is 13.2. The molecule has 0 atom stereocenters. The van der Waals surface area contributed by atoms with Crippen molar-refractivity contribution in [1.82, 2.24) is 14.8 Å². The summed E-state index contributed by atoms with van der Waals surface area (Å²) in [6.07, 6.45) is 5.47. The van der Waals surface area contributed by atoms with E-state index in [1.807, 2.05) is 25.4 Å². The summed E-state index contributed by atoms with van der Waals surface area (Å²) in [5, 5.41) is 13.9. The molecule has 24 heavy (non-hydrogen) atoms. The molecule has 0 bridgehead atoms. The van der Waals surface area contributed by atoms with Crippen LogP contribution in [0.1, 0.15) is 0 Å². The van der Waals surface area contributed by atoms with Gasteiger partial charge in [0.05, 0.1) is 13.3 Å². The second-order valence-electron chi connectivity index (χ2n) is 5.47. The first-order valence-electron chi connectivity index (χ1n) is 7.40. The number of hydrogen-bond acceptors (Lipinski definition) is 5. The second-order valence-corrected chi connectivity index (χ2v) is 5.47. The van der Waals surface area contributed by atoms with E-state index in [0.29, 0.717) is 17.1 Å². The van der Waals surface area contributed by atoms with Gasteiger partial charge < -0.3 is 14.3 Å². The number of nitrogens with zero attached hydrogens (tertiary/aromatic N) is 3. The highest BCUT2D eigenvalue weighted by atomic mass is 16.5. The summed E-state index contributed by atoms with van der Waals surface area (Å²) in [5.41, 5.74) is 4.17. The molecule has 1 N–H and O–H groups in total. The van der Waals surface area contributed by atoms with Gasteiger partial charge in [-0.05, 0) is 24.3 Å². The summed E-state index contributed by atoms with van der Waals surface area (Å²) >= 11 is 0. The van der Waals surface area contributed by atoms with Gasteiger partial charge in [0, 0.05) is 42.2 Å². The molecule has 3 aromatic heterocycles. The smallest absolute Gasteiger partial charge is 0.161 e. The van der Waals surface area contributed by atoms with Gasteiger partial charge in [0.2, 0.25) is 0 Å². The summed E-state index contributed by atoms with van der Waals surface area (Å²) in [5.74, 6) is 1.15. The monoisotopic (exact) mass is 321 g/mol. The Kier molecular flexibility index (Phi) is 3.23. The number of pyridine rings is 1. The Labute approximate surface area is 137 Å². The van der Waals surface area contributed by atoms with Crippen LogP contribution >= 0.6 is 0 Å². The van der Waals surface area contributed by atoms with Crippen LogP contribution in [0.15, 0.2) is 53.3 Å². The maximum absolute atomic E-state index is 9.74. The average Bonchev–Trinajstić information content (AvgIpc) is 3.21. The van der Waals surface area contributed by atoms with Gasteiger partial charge in [-0.2, -0.15) is 5.10 Å². The molecular weight excluding hydrogens is 306 g/mol. The first-order valence-corrected chi connectivity index (χ1v) is 7.40. The van der Waals surface area contributed by atoms with Crippen LogP contribution in [0.4, 0.5) is 0 Å². The van der Waals surface area contributed by atoms with E-state index in [1.165, 1.54) is 7.11 Å². The number of rotatable bonds is 3. The molecule has 0 unspecified atom stereocenters. The Morgan fingerprint density at radius 2 is 2.04 bits per heavy atom. The van der Waals surface area contributed by atoms with Crippen LogP contribution in [-0.4, -0.2) is 27.0 Å². The fraction of sp³-hybridized carbons (Fsp3) is 0.111. The van der Waals surface area contributed by atoms with Gasteiger partial charge in [-0.25, -0.2) is 0 Å². The Morgan fingerprint density at radius 3 is 2.79 bits per heavy atom. The molecule has 4 rings (SSSR count). The van der Waals surface area contributed by atoms with Crippen LogP contribution < -0.4 is 4.74 Å². The molecule has 0 radical (unpaired) electrons. The molecule has 0 saturated carbocycles. The Hall–Kier alpha value is -3.28. The van der Waals surface area contributed by atoms with Crippen LogP contribution in [0.2, 0.25) is 0 Å². The minimum absolute atomic E-state index is 0.0894. The maximum atomic E-state index is 9.74. The van der Waals surface area contributed by atoms with Crippen molar-refractivity contribution in [3.63, 3.8) is 0 Å². The number of benzene rings is 1. The first-order chi connectivity index (χ1) is 11.7. The number of fused-ring (bicyclic) bond motifs is 1. The third kappa shape index (κ3) is 2.28. The number of aromatic nitrogens is 3. The van der Waals surface area contributed by atoms with Crippen molar-refractivity contribution in [3.8, 4) is 33.9 Å². The minimum atomic E-state index is 0.0894. The van der Waals surface area contributed by atoms with E-state index in [2.05, 4.69) is 10.1 Å². The largest absolute Gasteiger partial charge is 0.504 e. The second kappa shape index (κ2) is 5.42. The van der Waals surface area contributed by atoms with Gasteiger partial charge in [-0.15, -0.1) is 0 Å². The number of aromatic hydroxyl groups is 1. The van der Waals surface area contributed by atoms with Gasteiger partial charge in [-0.3, -0.25) is 9.67 Å². The van der Waals surface area contributed by atoms with E-state index >= 15 is 0 Å². The highest BCUT2D eigenvalue weighted by Crippen LogP contribution is 2.36. The van der Waals surface area contributed by atoms with Gasteiger partial charge in [0.25, 0.3) is 0 Å². The molecular formula is C18H15N3O3. The van der Waals surface area contributed by atoms with E-state index in [4.69, 9.17) is 9.15 Å². The Balaban J connectivity index is 1.87. The fourth-order valence-corrected chi connectivity index (χ4v) is 2.70. The van der Waals surface area contributed by atoms with Gasteiger partial charge in [0.1, 0.15) is 11.3 Å². The summed E-state index contributed by atoms with van der Waals surface area (Å²) in [6.45, 7) is 0. The third-order valence-corrected chi connectivity index (χ3v) is 3.89. The molecule has 6 nitrogen and oxygen atoms in total.